The lowest BCUT2D eigenvalue weighted by Gasteiger charge is -2.48. The molecule has 8 heteroatoms. The van der Waals surface area contributed by atoms with Gasteiger partial charge in [-0.25, -0.2) is 9.78 Å². The smallest absolute Gasteiger partial charge is 0.329 e. The Morgan fingerprint density at radius 2 is 2.17 bits per heavy atom. The number of aryl methyl sites for hydroxylation is 3. The highest BCUT2D eigenvalue weighted by Crippen LogP contribution is 2.36. The van der Waals surface area contributed by atoms with Crippen LogP contribution in [-0.4, -0.2) is 50.8 Å². The summed E-state index contributed by atoms with van der Waals surface area (Å²) in [4.78, 5) is 32.7. The highest BCUT2D eigenvalue weighted by Gasteiger charge is 2.42. The van der Waals surface area contributed by atoms with E-state index in [9.17, 15) is 4.79 Å². The van der Waals surface area contributed by atoms with Crippen LogP contribution in [0, 0.1) is 20.8 Å². The summed E-state index contributed by atoms with van der Waals surface area (Å²) in [5.41, 5.74) is 4.18. The summed E-state index contributed by atoms with van der Waals surface area (Å²) in [6.45, 7) is 7.88. The number of nitrogens with zero attached hydrogens (tertiary/aromatic N) is 5. The van der Waals surface area contributed by atoms with E-state index < -0.39 is 0 Å². The quantitative estimate of drug-likeness (QED) is 0.787. The van der Waals surface area contributed by atoms with Gasteiger partial charge in [-0.15, -0.1) is 11.3 Å². The largest absolute Gasteiger partial charge is 0.367 e. The zero-order valence-corrected chi connectivity index (χ0v) is 18.4. The van der Waals surface area contributed by atoms with Crippen molar-refractivity contribution in [1.82, 2.24) is 19.8 Å². The molecule has 2 aromatic rings. The van der Waals surface area contributed by atoms with Crippen molar-refractivity contribution in [2.45, 2.75) is 52.1 Å². The number of nitrogens with one attached hydrogen (secondary N) is 1. The first-order valence-electron chi connectivity index (χ1n) is 10.5. The van der Waals surface area contributed by atoms with E-state index in [0.29, 0.717) is 5.13 Å². The second kappa shape index (κ2) is 7.50. The highest BCUT2D eigenvalue weighted by molar-refractivity contribution is 7.15. The third kappa shape index (κ3) is 3.39. The fourth-order valence-electron chi connectivity index (χ4n) is 4.52. The Morgan fingerprint density at radius 3 is 2.93 bits per heavy atom. The number of carbonyl (C=O) groups is 1. The maximum absolute atomic E-state index is 13.4. The molecule has 2 amide bonds. The summed E-state index contributed by atoms with van der Waals surface area (Å²) in [7, 11) is 0. The Morgan fingerprint density at radius 1 is 1.30 bits per heavy atom. The zero-order valence-electron chi connectivity index (χ0n) is 17.6. The lowest BCUT2D eigenvalue weighted by molar-refractivity contribution is 0.154. The summed E-state index contributed by atoms with van der Waals surface area (Å²) >= 11 is 1.52. The number of aliphatic imine (C=N–C) groups is 1. The molecule has 2 aromatic heterocycles. The van der Waals surface area contributed by atoms with Gasteiger partial charge < -0.3 is 4.90 Å². The van der Waals surface area contributed by atoms with Gasteiger partial charge in [-0.1, -0.05) is 6.08 Å². The maximum Gasteiger partial charge on any atom is 0.329 e. The van der Waals surface area contributed by atoms with Crippen LogP contribution in [0.15, 0.2) is 35.1 Å². The van der Waals surface area contributed by atoms with Crippen molar-refractivity contribution in [2.75, 3.05) is 18.4 Å². The first-order valence-corrected chi connectivity index (χ1v) is 11.3. The molecule has 2 fully saturated rings. The molecule has 5 heterocycles. The van der Waals surface area contributed by atoms with Gasteiger partial charge in [0.25, 0.3) is 0 Å². The van der Waals surface area contributed by atoms with Gasteiger partial charge in [0.1, 0.15) is 0 Å². The standard InChI is InChI=1S/C22H26N6OS/c1-13-11-16(8-9-23-13)18-6-7-19-20(25-18)28(17-5-4-10-27(19)12-17)22(29)26-21-24-14(2)15(3)30-21/h7-9,11,17-18H,4-6,10,12H2,1-3H3,(H,24,26,29)/t17-,18?/m0/s1. The maximum atomic E-state index is 13.4. The van der Waals surface area contributed by atoms with Gasteiger partial charge in [0.2, 0.25) is 0 Å². The number of aromatic nitrogens is 2. The topological polar surface area (TPSA) is 73.7 Å². The van der Waals surface area contributed by atoms with Crippen molar-refractivity contribution in [3.63, 3.8) is 0 Å². The van der Waals surface area contributed by atoms with Crippen LogP contribution in [0.1, 0.15) is 47.1 Å². The number of anilines is 1. The number of piperazine rings is 1. The van der Waals surface area contributed by atoms with Crippen LogP contribution in [0.3, 0.4) is 0 Å². The van der Waals surface area contributed by atoms with E-state index in [1.807, 2.05) is 37.9 Å². The summed E-state index contributed by atoms with van der Waals surface area (Å²) in [6.07, 6.45) is 7.00. The summed E-state index contributed by atoms with van der Waals surface area (Å²) in [5.74, 6) is 0.791. The number of amides is 2. The number of rotatable bonds is 2. The van der Waals surface area contributed by atoms with Crippen molar-refractivity contribution in [2.24, 2.45) is 4.99 Å². The number of thiazole rings is 1. The van der Waals surface area contributed by atoms with E-state index in [1.165, 1.54) is 11.3 Å². The monoisotopic (exact) mass is 422 g/mol. The molecule has 1 N–H and O–H groups in total. The molecule has 5 rings (SSSR count). The summed E-state index contributed by atoms with van der Waals surface area (Å²) in [5, 5.41) is 3.68. The summed E-state index contributed by atoms with van der Waals surface area (Å²) in [6, 6.07) is 4.12. The normalized spacial score (nSPS) is 22.9. The Labute approximate surface area is 180 Å². The third-order valence-electron chi connectivity index (χ3n) is 6.14. The number of amidine groups is 1. The average molecular weight is 423 g/mol. The first kappa shape index (κ1) is 19.2. The molecule has 0 aliphatic carbocycles. The van der Waals surface area contributed by atoms with E-state index in [0.717, 1.165) is 65.7 Å². The molecular formula is C22H26N6OS. The number of hydrogen-bond acceptors (Lipinski definition) is 6. The van der Waals surface area contributed by atoms with Gasteiger partial charge in [-0.2, -0.15) is 0 Å². The number of urea groups is 1. The lowest BCUT2D eigenvalue weighted by atomic mass is 9.95. The van der Waals surface area contributed by atoms with Crippen molar-refractivity contribution in [3.8, 4) is 0 Å². The van der Waals surface area contributed by atoms with Crippen molar-refractivity contribution < 1.29 is 4.79 Å². The highest BCUT2D eigenvalue weighted by atomic mass is 32.1. The van der Waals surface area contributed by atoms with Gasteiger partial charge in [0, 0.05) is 29.9 Å². The van der Waals surface area contributed by atoms with Crippen LogP contribution < -0.4 is 5.32 Å². The van der Waals surface area contributed by atoms with E-state index in [4.69, 9.17) is 4.99 Å². The molecule has 0 spiro atoms. The molecule has 0 aromatic carbocycles. The molecule has 0 radical (unpaired) electrons. The van der Waals surface area contributed by atoms with E-state index in [-0.39, 0.29) is 18.1 Å². The predicted molar refractivity (Wildman–Crippen MR) is 119 cm³/mol. The average Bonchev–Trinajstić information content (AvgIpc) is 3.04. The second-order valence-corrected chi connectivity index (χ2v) is 9.43. The zero-order chi connectivity index (χ0) is 20.8. The molecule has 3 aliphatic heterocycles. The van der Waals surface area contributed by atoms with E-state index in [1.54, 1.807) is 0 Å². The van der Waals surface area contributed by atoms with Crippen LogP contribution in [0.2, 0.25) is 0 Å². The van der Waals surface area contributed by atoms with Gasteiger partial charge in [-0.05, 0) is 57.7 Å². The minimum absolute atomic E-state index is 0.00475. The van der Waals surface area contributed by atoms with Crippen molar-refractivity contribution in [1.29, 1.82) is 0 Å². The fourth-order valence-corrected chi connectivity index (χ4v) is 5.32. The first-order chi connectivity index (χ1) is 14.5. The third-order valence-corrected chi connectivity index (χ3v) is 7.13. The number of pyridine rings is 1. The molecule has 2 bridgehead atoms. The molecule has 2 atom stereocenters. The number of dihydropyridines is 1. The van der Waals surface area contributed by atoms with Gasteiger partial charge in [0.05, 0.1) is 23.5 Å². The molecule has 7 nitrogen and oxygen atoms in total. The Hall–Kier alpha value is -2.74. The molecule has 2 saturated heterocycles. The van der Waals surface area contributed by atoms with Gasteiger partial charge in [0.15, 0.2) is 11.0 Å². The Bertz CT molecular complexity index is 1040. The molecular weight excluding hydrogens is 396 g/mol. The Kier molecular flexibility index (Phi) is 4.81. The molecule has 3 aliphatic rings. The minimum Gasteiger partial charge on any atom is -0.367 e. The fraction of sp³-hybridized carbons (Fsp3) is 0.455. The number of piperidine rings is 1. The van der Waals surface area contributed by atoms with Crippen LogP contribution in [0.4, 0.5) is 9.93 Å². The summed E-state index contributed by atoms with van der Waals surface area (Å²) < 4.78 is 0. The van der Waals surface area contributed by atoms with Crippen LogP contribution in [0.25, 0.3) is 0 Å². The van der Waals surface area contributed by atoms with Crippen LogP contribution in [-0.2, 0) is 0 Å². The molecule has 30 heavy (non-hydrogen) atoms. The van der Waals surface area contributed by atoms with Gasteiger partial charge >= 0.3 is 6.03 Å². The minimum atomic E-state index is -0.133. The molecule has 1 unspecified atom stereocenters. The Balaban J connectivity index is 1.49. The number of fused-ring (bicyclic) bond motifs is 4. The molecule has 0 saturated carbocycles. The van der Waals surface area contributed by atoms with Gasteiger partial charge in [-0.3, -0.25) is 20.2 Å². The SMILES string of the molecule is Cc1cc(C2CC=C3C(=N2)N(C(=O)Nc2nc(C)c(C)s2)[C@H]2CCCN3C2)ccn1. The lowest BCUT2D eigenvalue weighted by Crippen LogP contribution is -2.61. The van der Waals surface area contributed by atoms with Crippen molar-refractivity contribution in [3.05, 3.63) is 51.9 Å². The van der Waals surface area contributed by atoms with E-state index >= 15 is 0 Å². The van der Waals surface area contributed by atoms with Crippen LogP contribution >= 0.6 is 11.3 Å². The number of hydrogen-bond donors (Lipinski definition) is 1. The molecule has 156 valence electrons. The number of carbonyl (C=O) groups excluding carboxylic acids is 1. The second-order valence-electron chi connectivity index (χ2n) is 8.23. The van der Waals surface area contributed by atoms with Crippen LogP contribution in [0.5, 0.6) is 0 Å². The van der Waals surface area contributed by atoms with E-state index in [2.05, 4.69) is 32.3 Å². The predicted octanol–water partition coefficient (Wildman–Crippen LogP) is 4.20. The van der Waals surface area contributed by atoms with Crippen molar-refractivity contribution >= 4 is 28.3 Å².